The molecule has 3 heteroatoms. The molecule has 0 bridgehead atoms. The van der Waals surface area contributed by atoms with Crippen LogP contribution in [0.1, 0.15) is 30.5 Å². The number of hydrogen-bond acceptors (Lipinski definition) is 3. The first-order chi connectivity index (χ1) is 10.0. The zero-order valence-corrected chi connectivity index (χ0v) is 12.4. The highest BCUT2D eigenvalue weighted by Crippen LogP contribution is 2.42. The molecule has 21 heavy (non-hydrogen) atoms. The van der Waals surface area contributed by atoms with Crippen LogP contribution < -0.4 is 0 Å². The third-order valence-corrected chi connectivity index (χ3v) is 3.79. The van der Waals surface area contributed by atoms with Crippen molar-refractivity contribution in [3.63, 3.8) is 0 Å². The maximum atomic E-state index is 10.5. The van der Waals surface area contributed by atoms with Gasteiger partial charge in [0.25, 0.3) is 0 Å². The Morgan fingerprint density at radius 2 is 1.48 bits per heavy atom. The van der Waals surface area contributed by atoms with Crippen molar-refractivity contribution >= 4 is 0 Å². The number of benzene rings is 2. The predicted molar refractivity (Wildman–Crippen MR) is 80.8 cm³/mol. The van der Waals surface area contributed by atoms with Gasteiger partial charge in [0.2, 0.25) is 5.79 Å². The predicted octanol–water partition coefficient (Wildman–Crippen LogP) is 3.16. The molecule has 110 valence electrons. The van der Waals surface area contributed by atoms with Gasteiger partial charge in [0.1, 0.15) is 0 Å². The lowest BCUT2D eigenvalue weighted by molar-refractivity contribution is -0.132. The molecule has 0 amide bonds. The van der Waals surface area contributed by atoms with E-state index in [1.807, 2.05) is 54.6 Å². The Balaban J connectivity index is 2.20. The van der Waals surface area contributed by atoms with Crippen molar-refractivity contribution in [1.29, 1.82) is 0 Å². The topological polar surface area (TPSA) is 38.7 Å². The Morgan fingerprint density at radius 3 is 2.10 bits per heavy atom. The van der Waals surface area contributed by atoms with Crippen molar-refractivity contribution in [3.8, 4) is 0 Å². The third kappa shape index (κ3) is 2.48. The largest absolute Gasteiger partial charge is 0.386 e. The van der Waals surface area contributed by atoms with Gasteiger partial charge in [0.05, 0.1) is 18.8 Å². The van der Waals surface area contributed by atoms with Crippen LogP contribution >= 0.6 is 0 Å². The van der Waals surface area contributed by atoms with Crippen molar-refractivity contribution in [1.82, 2.24) is 0 Å². The molecule has 0 radical (unpaired) electrons. The molecule has 0 aliphatic carbocycles. The number of hydrogen-bond donors (Lipinski definition) is 1. The van der Waals surface area contributed by atoms with E-state index in [9.17, 15) is 5.11 Å². The molecular weight excluding hydrogens is 264 g/mol. The molecule has 2 aromatic rings. The summed E-state index contributed by atoms with van der Waals surface area (Å²) < 4.78 is 12.0. The van der Waals surface area contributed by atoms with Crippen LogP contribution in [0, 0.1) is 0 Å². The number of ether oxygens (including phenoxy) is 2. The van der Waals surface area contributed by atoms with Gasteiger partial charge >= 0.3 is 0 Å². The highest BCUT2D eigenvalue weighted by Gasteiger charge is 2.43. The maximum Gasteiger partial charge on any atom is 0.222 e. The van der Waals surface area contributed by atoms with Gasteiger partial charge in [-0.15, -0.1) is 0 Å². The van der Waals surface area contributed by atoms with Crippen LogP contribution in [0.2, 0.25) is 0 Å². The van der Waals surface area contributed by atoms with Crippen molar-refractivity contribution < 1.29 is 14.6 Å². The minimum absolute atomic E-state index is 0.537. The Morgan fingerprint density at radius 1 is 0.905 bits per heavy atom. The fourth-order valence-electron chi connectivity index (χ4n) is 2.85. The molecule has 1 heterocycles. The minimum Gasteiger partial charge on any atom is -0.386 e. The summed E-state index contributed by atoms with van der Waals surface area (Å²) in [7, 11) is 0. The summed E-state index contributed by atoms with van der Waals surface area (Å²) in [4.78, 5) is 0. The second-order valence-corrected chi connectivity index (χ2v) is 5.78. The SMILES string of the molecule is CC(C)(O)c1ccccc1C1(c2ccccc2)OCCO1. The molecule has 3 nitrogen and oxygen atoms in total. The molecule has 1 aliphatic rings. The van der Waals surface area contributed by atoms with Gasteiger partial charge in [-0.25, -0.2) is 0 Å². The van der Waals surface area contributed by atoms with E-state index in [-0.39, 0.29) is 0 Å². The average molecular weight is 284 g/mol. The molecule has 0 unspecified atom stereocenters. The van der Waals surface area contributed by atoms with Crippen molar-refractivity contribution in [2.75, 3.05) is 13.2 Å². The zero-order chi connectivity index (χ0) is 14.9. The second kappa shape index (κ2) is 5.26. The van der Waals surface area contributed by atoms with Crippen LogP contribution in [0.5, 0.6) is 0 Å². The van der Waals surface area contributed by atoms with E-state index < -0.39 is 11.4 Å². The molecule has 1 saturated heterocycles. The van der Waals surface area contributed by atoms with Crippen LogP contribution in [0.3, 0.4) is 0 Å². The summed E-state index contributed by atoms with van der Waals surface area (Å²) >= 11 is 0. The van der Waals surface area contributed by atoms with Crippen LogP contribution in [-0.4, -0.2) is 18.3 Å². The van der Waals surface area contributed by atoms with E-state index in [1.54, 1.807) is 13.8 Å². The first kappa shape index (κ1) is 14.3. The van der Waals surface area contributed by atoms with Crippen molar-refractivity contribution in [2.45, 2.75) is 25.2 Å². The lowest BCUT2D eigenvalue weighted by atomic mass is 9.86. The maximum absolute atomic E-state index is 10.5. The fraction of sp³-hybridized carbons (Fsp3) is 0.333. The van der Waals surface area contributed by atoms with Crippen LogP contribution in [0.15, 0.2) is 54.6 Å². The molecule has 0 spiro atoms. The number of rotatable bonds is 3. The van der Waals surface area contributed by atoms with Crippen LogP contribution in [0.25, 0.3) is 0 Å². The minimum atomic E-state index is -0.965. The Labute approximate surface area is 125 Å². The van der Waals surface area contributed by atoms with E-state index >= 15 is 0 Å². The summed E-state index contributed by atoms with van der Waals surface area (Å²) in [5.74, 6) is -0.933. The number of aliphatic hydroxyl groups is 1. The lowest BCUT2D eigenvalue weighted by Crippen LogP contribution is -2.33. The van der Waals surface area contributed by atoms with E-state index in [2.05, 4.69) is 0 Å². The van der Waals surface area contributed by atoms with Crippen molar-refractivity contribution in [3.05, 3.63) is 71.3 Å². The average Bonchev–Trinajstić information content (AvgIpc) is 2.98. The molecule has 0 saturated carbocycles. The van der Waals surface area contributed by atoms with Crippen molar-refractivity contribution in [2.24, 2.45) is 0 Å². The van der Waals surface area contributed by atoms with E-state index in [0.29, 0.717) is 13.2 Å². The Kier molecular flexibility index (Phi) is 3.57. The van der Waals surface area contributed by atoms with E-state index in [1.165, 1.54) is 0 Å². The summed E-state index contributed by atoms with van der Waals surface area (Å²) in [5, 5.41) is 10.5. The Hall–Kier alpha value is -1.68. The smallest absolute Gasteiger partial charge is 0.222 e. The summed E-state index contributed by atoms with van der Waals surface area (Å²) in [6.07, 6.45) is 0. The second-order valence-electron chi connectivity index (χ2n) is 5.78. The van der Waals surface area contributed by atoms with Gasteiger partial charge in [0, 0.05) is 11.1 Å². The fourth-order valence-corrected chi connectivity index (χ4v) is 2.85. The summed E-state index contributed by atoms with van der Waals surface area (Å²) in [6.45, 7) is 4.63. The molecule has 2 aromatic carbocycles. The molecular formula is C18H20O3. The molecule has 0 aromatic heterocycles. The monoisotopic (exact) mass is 284 g/mol. The quantitative estimate of drug-likeness (QED) is 0.941. The lowest BCUT2D eigenvalue weighted by Gasteiger charge is -2.33. The first-order valence-corrected chi connectivity index (χ1v) is 7.20. The van der Waals surface area contributed by atoms with Gasteiger partial charge in [-0.05, 0) is 19.4 Å². The highest BCUT2D eigenvalue weighted by molar-refractivity contribution is 5.42. The molecule has 3 rings (SSSR count). The standard InChI is InChI=1S/C18H20O3/c1-17(2,19)15-10-6-7-11-16(15)18(20-12-13-21-18)14-8-4-3-5-9-14/h3-11,19H,12-13H2,1-2H3. The summed E-state index contributed by atoms with van der Waals surface area (Å²) in [5.41, 5.74) is 1.66. The highest BCUT2D eigenvalue weighted by atomic mass is 16.7. The van der Waals surface area contributed by atoms with Gasteiger partial charge in [-0.2, -0.15) is 0 Å². The van der Waals surface area contributed by atoms with E-state index in [4.69, 9.17) is 9.47 Å². The molecule has 1 aliphatic heterocycles. The molecule has 0 atom stereocenters. The molecule has 1 N–H and O–H groups in total. The first-order valence-electron chi connectivity index (χ1n) is 7.20. The van der Waals surface area contributed by atoms with Gasteiger partial charge in [0.15, 0.2) is 0 Å². The van der Waals surface area contributed by atoms with Crippen LogP contribution in [-0.2, 0) is 20.9 Å². The van der Waals surface area contributed by atoms with E-state index in [0.717, 1.165) is 16.7 Å². The third-order valence-electron chi connectivity index (χ3n) is 3.79. The Bertz CT molecular complexity index is 608. The van der Waals surface area contributed by atoms with Gasteiger partial charge in [-0.1, -0.05) is 54.6 Å². The van der Waals surface area contributed by atoms with Gasteiger partial charge in [-0.3, -0.25) is 0 Å². The summed E-state index contributed by atoms with van der Waals surface area (Å²) in [6, 6.07) is 17.6. The molecule has 1 fully saturated rings. The normalized spacial score (nSPS) is 17.9. The van der Waals surface area contributed by atoms with Crippen LogP contribution in [0.4, 0.5) is 0 Å². The zero-order valence-electron chi connectivity index (χ0n) is 12.4. The van der Waals surface area contributed by atoms with Gasteiger partial charge < -0.3 is 14.6 Å².